The summed E-state index contributed by atoms with van der Waals surface area (Å²) in [6, 6.07) is 10.4. The van der Waals surface area contributed by atoms with Crippen molar-refractivity contribution in [3.63, 3.8) is 0 Å². The van der Waals surface area contributed by atoms with E-state index in [1.165, 1.54) is 5.56 Å². The molecule has 0 aromatic heterocycles. The largest absolute Gasteiger partial charge is 0.143 e. The zero-order chi connectivity index (χ0) is 9.61. The summed E-state index contributed by atoms with van der Waals surface area (Å²) in [5.41, 5.74) is 1.31. The average Bonchev–Trinajstić information content (AvgIpc) is 2.08. The van der Waals surface area contributed by atoms with Crippen molar-refractivity contribution in [2.24, 2.45) is 0 Å². The van der Waals surface area contributed by atoms with E-state index >= 15 is 0 Å². The van der Waals surface area contributed by atoms with Crippen LogP contribution in [0.1, 0.15) is 33.3 Å². The fourth-order valence-electron chi connectivity index (χ4n) is 0.855. The van der Waals surface area contributed by atoms with Gasteiger partial charge in [0.05, 0.1) is 0 Å². The Morgan fingerprint density at radius 2 is 1.42 bits per heavy atom. The van der Waals surface area contributed by atoms with Gasteiger partial charge in [-0.15, -0.1) is 0 Å². The predicted octanol–water partition coefficient (Wildman–Crippen LogP) is 2.96. The molecule has 0 nitrogen and oxygen atoms in total. The number of hydrogen-bond donors (Lipinski definition) is 0. The van der Waals surface area contributed by atoms with Crippen molar-refractivity contribution >= 4 is 12.6 Å². The molecule has 0 fully saturated rings. The molecule has 0 radical (unpaired) electrons. The summed E-state index contributed by atoms with van der Waals surface area (Å²) in [5, 5.41) is 0. The Morgan fingerprint density at radius 3 is 1.67 bits per heavy atom. The maximum Gasteiger partial charge on any atom is 0.143 e. The third kappa shape index (κ3) is 3.82. The normalized spacial score (nSPS) is 10.1. The van der Waals surface area contributed by atoms with Crippen LogP contribution in [0.25, 0.3) is 0 Å². The van der Waals surface area contributed by atoms with E-state index < -0.39 is 0 Å². The minimum Gasteiger partial charge on any atom is -0.0683 e. The van der Waals surface area contributed by atoms with Gasteiger partial charge in [0.2, 0.25) is 0 Å². The van der Waals surface area contributed by atoms with Crippen molar-refractivity contribution in [1.29, 1.82) is 0 Å². The molecule has 0 amide bonds. The topological polar surface area (TPSA) is 0 Å². The summed E-state index contributed by atoms with van der Waals surface area (Å²) in [5.74, 6) is 0. The molecule has 1 heteroatoms. The van der Waals surface area contributed by atoms with Crippen molar-refractivity contribution in [3.8, 4) is 0 Å². The molecule has 0 aliphatic carbocycles. The van der Waals surface area contributed by atoms with Gasteiger partial charge in [-0.2, -0.15) is 0 Å². The molecule has 0 saturated heterocycles. The molecular weight excluding hydrogens is 164 g/mol. The molecule has 0 saturated carbocycles. The second-order valence-electron chi connectivity index (χ2n) is 2.99. The zero-order valence-electron chi connectivity index (χ0n) is 8.39. The fourth-order valence-corrected chi connectivity index (χ4v) is 1.02. The van der Waals surface area contributed by atoms with Crippen LogP contribution in [0.5, 0.6) is 0 Å². The van der Waals surface area contributed by atoms with E-state index in [9.17, 15) is 0 Å². The Balaban J connectivity index is 0.000000561. The highest BCUT2D eigenvalue weighted by atomic mass is 32.1. The van der Waals surface area contributed by atoms with E-state index in [2.05, 4.69) is 50.7 Å². The Kier molecular flexibility index (Phi) is 5.07. The minimum absolute atomic E-state index is 0.0985. The zero-order valence-corrected chi connectivity index (χ0v) is 9.39. The summed E-state index contributed by atoms with van der Waals surface area (Å²) in [6.07, 6.45) is 0. The molecule has 0 bridgehead atoms. The summed E-state index contributed by atoms with van der Waals surface area (Å²) >= 11 is 3.64. The molecule has 0 aliphatic heterocycles. The summed E-state index contributed by atoms with van der Waals surface area (Å²) < 4.78 is 0.0985. The standard InChI is InChI=1S/C9H12S.C2H6/c1-9(2,10)8-6-4-3-5-7-8;1-2/h3-7,10H,1-2H3;1-2H3/p+1. The van der Waals surface area contributed by atoms with Crippen molar-refractivity contribution in [2.45, 2.75) is 32.4 Å². The smallest absolute Gasteiger partial charge is 0.0683 e. The highest BCUT2D eigenvalue weighted by Gasteiger charge is 2.19. The Labute approximate surface area is 81.4 Å². The van der Waals surface area contributed by atoms with Gasteiger partial charge in [-0.25, -0.2) is 0 Å². The lowest BCUT2D eigenvalue weighted by molar-refractivity contribution is 0.789. The second-order valence-corrected chi connectivity index (χ2v) is 4.24. The lowest BCUT2D eigenvalue weighted by atomic mass is 10.0. The van der Waals surface area contributed by atoms with Crippen LogP contribution in [-0.2, 0) is 17.4 Å². The third-order valence-electron chi connectivity index (χ3n) is 1.50. The Bertz CT molecular complexity index is 196. The average molecular weight is 183 g/mol. The van der Waals surface area contributed by atoms with Crippen molar-refractivity contribution in [3.05, 3.63) is 35.9 Å². The van der Waals surface area contributed by atoms with E-state index in [4.69, 9.17) is 0 Å². The summed E-state index contributed by atoms with van der Waals surface area (Å²) in [6.45, 7) is 8.28. The molecule has 1 aromatic carbocycles. The molecule has 0 unspecified atom stereocenters. The SMILES string of the molecule is CC.CC(C)([SH2+])c1ccccc1. The summed E-state index contributed by atoms with van der Waals surface area (Å²) in [4.78, 5) is 0. The monoisotopic (exact) mass is 183 g/mol. The second kappa shape index (κ2) is 5.26. The molecule has 0 spiro atoms. The molecule has 0 N–H and O–H groups in total. The maximum atomic E-state index is 3.64. The molecule has 0 heterocycles. The first-order valence-electron chi connectivity index (χ1n) is 4.41. The first kappa shape index (κ1) is 11.6. The van der Waals surface area contributed by atoms with Crippen LogP contribution in [-0.4, -0.2) is 0 Å². The van der Waals surface area contributed by atoms with Crippen molar-refractivity contribution in [1.82, 2.24) is 0 Å². The van der Waals surface area contributed by atoms with E-state index in [-0.39, 0.29) is 4.75 Å². The van der Waals surface area contributed by atoms with Gasteiger partial charge in [0, 0.05) is 5.56 Å². The molecular formula is C11H19S+. The van der Waals surface area contributed by atoms with E-state index in [0.717, 1.165) is 0 Å². The van der Waals surface area contributed by atoms with Gasteiger partial charge in [-0.1, -0.05) is 44.2 Å². The highest BCUT2D eigenvalue weighted by molar-refractivity contribution is 7.59. The van der Waals surface area contributed by atoms with Crippen molar-refractivity contribution < 1.29 is 0 Å². The van der Waals surface area contributed by atoms with Gasteiger partial charge in [0.25, 0.3) is 0 Å². The molecule has 0 aliphatic rings. The highest BCUT2D eigenvalue weighted by Crippen LogP contribution is 2.19. The van der Waals surface area contributed by atoms with E-state index in [1.54, 1.807) is 0 Å². The van der Waals surface area contributed by atoms with Crippen molar-refractivity contribution in [2.75, 3.05) is 0 Å². The van der Waals surface area contributed by atoms with Crippen LogP contribution >= 0.6 is 0 Å². The van der Waals surface area contributed by atoms with Gasteiger partial charge in [0.1, 0.15) is 4.75 Å². The fraction of sp³-hybridized carbons (Fsp3) is 0.455. The quantitative estimate of drug-likeness (QED) is 0.587. The maximum absolute atomic E-state index is 3.64. The molecule has 1 rings (SSSR count). The van der Waals surface area contributed by atoms with Crippen LogP contribution < -0.4 is 0 Å². The van der Waals surface area contributed by atoms with Crippen LogP contribution in [0.4, 0.5) is 0 Å². The number of rotatable bonds is 1. The Hall–Kier alpha value is -0.430. The van der Waals surface area contributed by atoms with Crippen LogP contribution in [0.2, 0.25) is 0 Å². The van der Waals surface area contributed by atoms with E-state index in [0.29, 0.717) is 0 Å². The third-order valence-corrected chi connectivity index (χ3v) is 1.78. The number of benzene rings is 1. The molecule has 1 aromatic rings. The predicted molar refractivity (Wildman–Crippen MR) is 61.0 cm³/mol. The minimum atomic E-state index is 0.0985. The summed E-state index contributed by atoms with van der Waals surface area (Å²) in [7, 11) is 0. The first-order valence-corrected chi connectivity index (χ1v) is 4.91. The van der Waals surface area contributed by atoms with E-state index in [1.807, 2.05) is 19.9 Å². The van der Waals surface area contributed by atoms with Crippen LogP contribution in [0.15, 0.2) is 30.3 Å². The van der Waals surface area contributed by atoms with Gasteiger partial charge < -0.3 is 0 Å². The molecule has 68 valence electrons. The Morgan fingerprint density at radius 1 is 1.00 bits per heavy atom. The van der Waals surface area contributed by atoms with Gasteiger partial charge in [-0.3, -0.25) is 0 Å². The van der Waals surface area contributed by atoms with Crippen LogP contribution in [0, 0.1) is 0 Å². The van der Waals surface area contributed by atoms with Gasteiger partial charge in [0.15, 0.2) is 0 Å². The molecule has 0 atom stereocenters. The number of hydrogen-bond acceptors (Lipinski definition) is 0. The van der Waals surface area contributed by atoms with Crippen LogP contribution in [0.3, 0.4) is 0 Å². The lowest BCUT2D eigenvalue weighted by Crippen LogP contribution is -2.11. The molecule has 12 heavy (non-hydrogen) atoms. The van der Waals surface area contributed by atoms with Gasteiger partial charge in [-0.05, 0) is 26.5 Å². The van der Waals surface area contributed by atoms with Gasteiger partial charge >= 0.3 is 0 Å². The first-order chi connectivity index (χ1) is 5.61. The lowest BCUT2D eigenvalue weighted by Gasteiger charge is -2.10.